The van der Waals surface area contributed by atoms with Crippen molar-refractivity contribution in [3.63, 3.8) is 0 Å². The summed E-state index contributed by atoms with van der Waals surface area (Å²) in [5.41, 5.74) is -0.0245. The fourth-order valence-electron chi connectivity index (χ4n) is 4.17. The fraction of sp³-hybridized carbons (Fsp3) is 0.409. The molecular formula is C22H26N8O4. The van der Waals surface area contributed by atoms with Crippen LogP contribution in [-0.4, -0.2) is 65.0 Å². The monoisotopic (exact) mass is 466 g/mol. The van der Waals surface area contributed by atoms with E-state index in [9.17, 15) is 9.59 Å². The van der Waals surface area contributed by atoms with E-state index in [1.165, 1.54) is 10.8 Å². The van der Waals surface area contributed by atoms with Gasteiger partial charge in [0.1, 0.15) is 23.3 Å². The molecule has 1 aliphatic carbocycles. The van der Waals surface area contributed by atoms with E-state index in [0.717, 1.165) is 12.8 Å². The Balaban J connectivity index is 1.38. The summed E-state index contributed by atoms with van der Waals surface area (Å²) >= 11 is 0. The topological polar surface area (TPSA) is 138 Å². The maximum atomic E-state index is 13.0. The maximum absolute atomic E-state index is 13.0. The van der Waals surface area contributed by atoms with Gasteiger partial charge in [-0.1, -0.05) is 0 Å². The number of carbonyl (C=O) groups is 1. The Kier molecular flexibility index (Phi) is 5.65. The van der Waals surface area contributed by atoms with Crippen LogP contribution in [0.3, 0.4) is 0 Å². The molecule has 5 rings (SSSR count). The molecule has 0 radical (unpaired) electrons. The number of fused-ring (bicyclic) bond motifs is 1. The van der Waals surface area contributed by atoms with Crippen LogP contribution in [-0.2, 0) is 9.53 Å². The molecule has 0 bridgehead atoms. The molecule has 4 atom stereocenters. The molecule has 2 aromatic rings. The number of nitrogens with one attached hydrogen (secondary N) is 3. The van der Waals surface area contributed by atoms with Gasteiger partial charge < -0.3 is 25.1 Å². The molecule has 2 unspecified atom stereocenters. The first-order valence-corrected chi connectivity index (χ1v) is 11.0. The lowest BCUT2D eigenvalue weighted by Gasteiger charge is -2.37. The van der Waals surface area contributed by atoms with Gasteiger partial charge in [0.25, 0.3) is 5.56 Å². The van der Waals surface area contributed by atoms with E-state index in [1.54, 1.807) is 56.7 Å². The Labute approximate surface area is 195 Å². The Morgan fingerprint density at radius 3 is 2.85 bits per heavy atom. The third kappa shape index (κ3) is 3.85. The summed E-state index contributed by atoms with van der Waals surface area (Å²) in [6, 6.07) is 3.37. The third-order valence-corrected chi connectivity index (χ3v) is 6.17. The van der Waals surface area contributed by atoms with E-state index >= 15 is 0 Å². The minimum Gasteiger partial charge on any atom is -0.425 e. The number of aromatic nitrogens is 2. The Morgan fingerprint density at radius 2 is 2.18 bits per heavy atom. The van der Waals surface area contributed by atoms with Crippen molar-refractivity contribution in [1.29, 1.82) is 0 Å². The third-order valence-electron chi connectivity index (χ3n) is 6.17. The van der Waals surface area contributed by atoms with Crippen molar-refractivity contribution in [2.24, 2.45) is 16.0 Å². The van der Waals surface area contributed by atoms with Gasteiger partial charge in [-0.3, -0.25) is 14.2 Å². The highest BCUT2D eigenvalue weighted by Gasteiger charge is 2.42. The number of hydrogen-bond acceptors (Lipinski definition) is 10. The van der Waals surface area contributed by atoms with E-state index in [1.807, 2.05) is 0 Å². The molecule has 3 aliphatic rings. The lowest BCUT2D eigenvalue weighted by molar-refractivity contribution is -0.127. The average molecular weight is 467 g/mol. The van der Waals surface area contributed by atoms with Crippen molar-refractivity contribution in [2.75, 3.05) is 19.5 Å². The van der Waals surface area contributed by atoms with Gasteiger partial charge in [-0.15, -0.1) is 0 Å². The smallest absolute Gasteiger partial charge is 0.281 e. The highest BCUT2D eigenvalue weighted by molar-refractivity contribution is 6.05. The fourth-order valence-corrected chi connectivity index (χ4v) is 4.17. The number of nitrogens with zero attached hydrogens (tertiary/aromatic N) is 5. The van der Waals surface area contributed by atoms with Crippen molar-refractivity contribution >= 4 is 23.6 Å². The van der Waals surface area contributed by atoms with Gasteiger partial charge in [-0.2, -0.15) is 5.10 Å². The van der Waals surface area contributed by atoms with Crippen LogP contribution in [0.1, 0.15) is 18.7 Å². The normalized spacial score (nSPS) is 25.2. The second-order valence-electron chi connectivity index (χ2n) is 8.25. The standard InChI is InChI=1S/C22H26N8O4/c1-12-24-11-19(34-12)29-8-4-5-15(22(29)32)26-17-9-18(23-2)30-20(28-17)13(10-25-30)21(31)27-14-6-7-16(14)33-3/h4-5,8-11,13-14,16,20,23H,6-7H2,1-3H3,(H,26,28)(H,27,31)/t13?,14-,16-,20?/m1/s1. The number of rotatable bonds is 6. The number of carbonyl (C=O) groups excluding carboxylic acids is 1. The minimum absolute atomic E-state index is 0.00746. The highest BCUT2D eigenvalue weighted by Crippen LogP contribution is 2.28. The molecule has 4 heterocycles. The van der Waals surface area contributed by atoms with Crippen LogP contribution in [0.25, 0.3) is 5.88 Å². The molecule has 12 heteroatoms. The van der Waals surface area contributed by atoms with Crippen molar-refractivity contribution in [3.8, 4) is 5.88 Å². The van der Waals surface area contributed by atoms with Crippen LogP contribution in [0, 0.1) is 12.8 Å². The summed E-state index contributed by atoms with van der Waals surface area (Å²) in [5, 5.41) is 15.3. The summed E-state index contributed by atoms with van der Waals surface area (Å²) in [4.78, 5) is 34.8. The molecule has 1 amide bonds. The van der Waals surface area contributed by atoms with Crippen LogP contribution in [0.15, 0.2) is 55.7 Å². The van der Waals surface area contributed by atoms with Gasteiger partial charge in [0, 0.05) is 39.6 Å². The second-order valence-corrected chi connectivity index (χ2v) is 8.25. The first-order valence-electron chi connectivity index (χ1n) is 11.0. The van der Waals surface area contributed by atoms with E-state index < -0.39 is 12.1 Å². The predicted molar refractivity (Wildman–Crippen MR) is 125 cm³/mol. The number of hydrogen-bond donors (Lipinski definition) is 3. The Hall–Kier alpha value is -3.93. The first-order chi connectivity index (χ1) is 16.5. The van der Waals surface area contributed by atoms with Crippen LogP contribution >= 0.6 is 0 Å². The highest BCUT2D eigenvalue weighted by atomic mass is 16.5. The van der Waals surface area contributed by atoms with Crippen molar-refractivity contribution < 1.29 is 13.9 Å². The van der Waals surface area contributed by atoms with Gasteiger partial charge in [0.2, 0.25) is 11.8 Å². The Bertz CT molecular complexity index is 1240. The first kappa shape index (κ1) is 21.9. The van der Waals surface area contributed by atoms with E-state index in [-0.39, 0.29) is 23.6 Å². The second kappa shape index (κ2) is 8.78. The quantitative estimate of drug-likeness (QED) is 0.561. The number of ether oxygens (including phenoxy) is 1. The molecular weight excluding hydrogens is 440 g/mol. The summed E-state index contributed by atoms with van der Waals surface area (Å²) in [6.07, 6.45) is 7.68. The number of amidine groups is 1. The summed E-state index contributed by atoms with van der Waals surface area (Å²) in [5.74, 6) is 1.11. The summed E-state index contributed by atoms with van der Waals surface area (Å²) < 4.78 is 12.2. The van der Waals surface area contributed by atoms with E-state index in [0.29, 0.717) is 29.1 Å². The number of aryl methyl sites for hydroxylation is 1. The number of hydrazone groups is 1. The molecule has 3 N–H and O–H groups in total. The summed E-state index contributed by atoms with van der Waals surface area (Å²) in [7, 11) is 3.41. The SMILES string of the molecule is CNC1=CC(Nc2cccn(-c3cnc(C)o3)c2=O)=NC2C(C(=O)N[C@@H]3CC[C@H]3OC)C=NN12. The zero-order valence-corrected chi connectivity index (χ0v) is 19.1. The van der Waals surface area contributed by atoms with Crippen LogP contribution in [0.5, 0.6) is 0 Å². The van der Waals surface area contributed by atoms with Crippen LogP contribution in [0.4, 0.5) is 5.69 Å². The molecule has 34 heavy (non-hydrogen) atoms. The van der Waals surface area contributed by atoms with Gasteiger partial charge >= 0.3 is 0 Å². The lowest BCUT2D eigenvalue weighted by Crippen LogP contribution is -2.54. The van der Waals surface area contributed by atoms with Gasteiger partial charge in [-0.05, 0) is 25.0 Å². The molecule has 0 saturated heterocycles. The molecule has 1 fully saturated rings. The lowest BCUT2D eigenvalue weighted by atomic mass is 9.88. The van der Waals surface area contributed by atoms with E-state index in [4.69, 9.17) is 14.1 Å². The van der Waals surface area contributed by atoms with Crippen molar-refractivity contribution in [3.05, 3.63) is 52.7 Å². The largest absolute Gasteiger partial charge is 0.425 e. The predicted octanol–water partition coefficient (Wildman–Crippen LogP) is 0.556. The van der Waals surface area contributed by atoms with E-state index in [2.05, 4.69) is 26.0 Å². The number of methoxy groups -OCH3 is 1. The molecule has 0 aromatic carbocycles. The average Bonchev–Trinajstić information content (AvgIpc) is 3.44. The molecule has 1 saturated carbocycles. The molecule has 0 spiro atoms. The van der Waals surface area contributed by atoms with Crippen molar-refractivity contribution in [1.82, 2.24) is 25.2 Å². The molecule has 2 aromatic heterocycles. The van der Waals surface area contributed by atoms with Gasteiger partial charge in [-0.25, -0.2) is 15.0 Å². The zero-order chi connectivity index (χ0) is 23.8. The molecule has 178 valence electrons. The molecule has 2 aliphatic heterocycles. The minimum atomic E-state index is -0.587. The van der Waals surface area contributed by atoms with Gasteiger partial charge in [0.05, 0.1) is 18.3 Å². The van der Waals surface area contributed by atoms with Crippen molar-refractivity contribution in [2.45, 2.75) is 38.1 Å². The number of aliphatic imine (C=N–C) groups is 1. The zero-order valence-electron chi connectivity index (χ0n) is 19.1. The van der Waals surface area contributed by atoms with Gasteiger partial charge in [0.15, 0.2) is 12.1 Å². The maximum Gasteiger partial charge on any atom is 0.281 e. The van der Waals surface area contributed by atoms with Crippen LogP contribution in [0.2, 0.25) is 0 Å². The Morgan fingerprint density at radius 1 is 1.32 bits per heavy atom. The summed E-state index contributed by atoms with van der Waals surface area (Å²) in [6.45, 7) is 1.71. The molecule has 12 nitrogen and oxygen atoms in total. The number of amides is 1. The number of anilines is 1. The number of oxazole rings is 1. The number of pyridine rings is 1. The van der Waals surface area contributed by atoms with Crippen LogP contribution < -0.4 is 21.5 Å².